The molecule has 0 heterocycles. The zero-order chi connectivity index (χ0) is 32.0. The number of carbonyl (C=O) groups excluding carboxylic acids is 2. The third kappa shape index (κ3) is 9.90. The van der Waals surface area contributed by atoms with E-state index in [0.717, 1.165) is 0 Å². The smallest absolute Gasteiger partial charge is 0.311 e. The van der Waals surface area contributed by atoms with Crippen molar-refractivity contribution in [3.63, 3.8) is 0 Å². The van der Waals surface area contributed by atoms with Crippen molar-refractivity contribution in [1.82, 2.24) is 0 Å². The van der Waals surface area contributed by atoms with Gasteiger partial charge in [-0.05, 0) is 152 Å². The van der Waals surface area contributed by atoms with Crippen LogP contribution in [0.4, 0.5) is 0 Å². The van der Waals surface area contributed by atoms with E-state index < -0.39 is 57.4 Å². The minimum atomic E-state index is -0.994. The van der Waals surface area contributed by atoms with E-state index >= 15 is 0 Å². The molecule has 2 aliphatic carbocycles. The Bertz CT molecular complexity index is 791. The van der Waals surface area contributed by atoms with Crippen molar-refractivity contribution < 1.29 is 39.5 Å². The Hall–Kier alpha value is -1.22. The van der Waals surface area contributed by atoms with E-state index in [9.17, 15) is 30.0 Å². The predicted molar refractivity (Wildman–Crippen MR) is 159 cm³/mol. The largest absolute Gasteiger partial charge is 0.462 e. The molecular weight excluding hydrogens is 524 g/mol. The minimum absolute atomic E-state index is 0.129. The lowest BCUT2D eigenvalue weighted by Gasteiger charge is -2.45. The molecular formula is C33H60O8. The van der Waals surface area contributed by atoms with Crippen LogP contribution in [0, 0.1) is 34.5 Å². The lowest BCUT2D eigenvalue weighted by molar-refractivity contribution is -0.176. The molecule has 4 atom stereocenters. The SMILES string of the molecule is CC(C)(CC(C)(C)C(=O)OC1CC(C(C)(C)O)CC(C(C)(C)O)C1)C(=O)OC1CC(C(C)(C)O)CC(C(C)(C)O)C1. The quantitative estimate of drug-likeness (QED) is 0.259. The maximum Gasteiger partial charge on any atom is 0.311 e. The monoisotopic (exact) mass is 584 g/mol. The van der Waals surface area contributed by atoms with Crippen LogP contribution in [0.5, 0.6) is 0 Å². The number of rotatable bonds is 10. The summed E-state index contributed by atoms with van der Waals surface area (Å²) in [4.78, 5) is 27.0. The van der Waals surface area contributed by atoms with Gasteiger partial charge >= 0.3 is 11.9 Å². The van der Waals surface area contributed by atoms with Crippen LogP contribution in [0.2, 0.25) is 0 Å². The molecule has 0 spiro atoms. The Morgan fingerprint density at radius 2 is 0.707 bits per heavy atom. The summed E-state index contributed by atoms with van der Waals surface area (Å²) in [6, 6.07) is 0. The fraction of sp³-hybridized carbons (Fsp3) is 0.939. The van der Waals surface area contributed by atoms with Gasteiger partial charge in [0.1, 0.15) is 12.2 Å². The topological polar surface area (TPSA) is 134 Å². The Balaban J connectivity index is 2.12. The van der Waals surface area contributed by atoms with E-state index in [4.69, 9.17) is 9.47 Å². The van der Waals surface area contributed by atoms with Crippen molar-refractivity contribution >= 4 is 11.9 Å². The average Bonchev–Trinajstić information content (AvgIpc) is 2.75. The molecule has 4 N–H and O–H groups in total. The number of aliphatic hydroxyl groups is 4. The lowest BCUT2D eigenvalue weighted by atomic mass is 9.68. The molecule has 8 heteroatoms. The molecule has 0 aromatic carbocycles. The zero-order valence-corrected chi connectivity index (χ0v) is 27.8. The second kappa shape index (κ2) is 12.0. The summed E-state index contributed by atoms with van der Waals surface area (Å²) in [7, 11) is 0. The molecule has 8 nitrogen and oxygen atoms in total. The van der Waals surface area contributed by atoms with Crippen LogP contribution in [0.25, 0.3) is 0 Å². The summed E-state index contributed by atoms with van der Waals surface area (Å²) >= 11 is 0. The molecule has 2 saturated carbocycles. The number of carbonyl (C=O) groups is 2. The summed E-state index contributed by atoms with van der Waals surface area (Å²) < 4.78 is 12.0. The number of hydrogen-bond acceptors (Lipinski definition) is 8. The molecule has 2 rings (SSSR count). The maximum atomic E-state index is 13.5. The Morgan fingerprint density at radius 1 is 0.488 bits per heavy atom. The molecule has 0 aromatic heterocycles. The standard InChI is InChI=1S/C33H60O8/c1-28(2,26(34)40-24-15-20(30(5,6)36)13-21(16-24)31(7,8)37)19-29(3,4)27(35)41-25-17-22(32(9,10)38)14-23(18-25)33(11,12)39/h20-25,36-39H,13-19H2,1-12H3. The van der Waals surface area contributed by atoms with E-state index in [1.54, 1.807) is 83.1 Å². The summed E-state index contributed by atoms with van der Waals surface area (Å²) in [6.07, 6.45) is 2.64. The molecule has 0 aliphatic heterocycles. The zero-order valence-electron chi connectivity index (χ0n) is 27.8. The Labute approximate surface area is 248 Å². The van der Waals surface area contributed by atoms with Crippen LogP contribution in [0.1, 0.15) is 128 Å². The van der Waals surface area contributed by atoms with Crippen molar-refractivity contribution in [3.05, 3.63) is 0 Å². The van der Waals surface area contributed by atoms with Gasteiger partial charge in [-0.1, -0.05) is 0 Å². The first-order chi connectivity index (χ1) is 18.1. The third-order valence-electron chi connectivity index (χ3n) is 9.86. The summed E-state index contributed by atoms with van der Waals surface area (Å²) in [5.41, 5.74) is -5.86. The van der Waals surface area contributed by atoms with Gasteiger partial charge in [0.25, 0.3) is 0 Å². The Kier molecular flexibility index (Phi) is 10.6. The van der Waals surface area contributed by atoms with Crippen molar-refractivity contribution in [1.29, 1.82) is 0 Å². The van der Waals surface area contributed by atoms with Gasteiger partial charge in [-0.15, -0.1) is 0 Å². The van der Waals surface area contributed by atoms with Gasteiger partial charge < -0.3 is 29.9 Å². The Morgan fingerprint density at radius 3 is 0.902 bits per heavy atom. The summed E-state index contributed by atoms with van der Waals surface area (Å²) in [5.74, 6) is -1.36. The van der Waals surface area contributed by atoms with Crippen molar-refractivity contribution in [2.75, 3.05) is 0 Å². The lowest BCUT2D eigenvalue weighted by Crippen LogP contribution is -2.48. The second-order valence-corrected chi connectivity index (χ2v) is 16.8. The van der Waals surface area contributed by atoms with Crippen LogP contribution >= 0.6 is 0 Å². The molecule has 240 valence electrons. The van der Waals surface area contributed by atoms with Crippen LogP contribution in [-0.2, 0) is 19.1 Å². The highest BCUT2D eigenvalue weighted by Crippen LogP contribution is 2.45. The van der Waals surface area contributed by atoms with Crippen LogP contribution < -0.4 is 0 Å². The molecule has 2 fully saturated rings. The third-order valence-corrected chi connectivity index (χ3v) is 9.86. The van der Waals surface area contributed by atoms with Crippen LogP contribution in [-0.4, -0.2) is 67.0 Å². The molecule has 0 amide bonds. The van der Waals surface area contributed by atoms with Crippen LogP contribution in [0.15, 0.2) is 0 Å². The molecule has 0 saturated heterocycles. The van der Waals surface area contributed by atoms with Gasteiger partial charge in [-0.3, -0.25) is 9.59 Å². The number of esters is 2. The van der Waals surface area contributed by atoms with E-state index in [1.165, 1.54) is 0 Å². The van der Waals surface area contributed by atoms with Gasteiger partial charge in [0.05, 0.1) is 33.2 Å². The fourth-order valence-corrected chi connectivity index (χ4v) is 6.90. The van der Waals surface area contributed by atoms with Crippen LogP contribution in [0.3, 0.4) is 0 Å². The highest BCUT2D eigenvalue weighted by molar-refractivity contribution is 5.80. The molecule has 2 aliphatic rings. The van der Waals surface area contributed by atoms with Gasteiger partial charge in [-0.25, -0.2) is 0 Å². The van der Waals surface area contributed by atoms with E-state index in [-0.39, 0.29) is 30.1 Å². The van der Waals surface area contributed by atoms with E-state index in [2.05, 4.69) is 0 Å². The maximum absolute atomic E-state index is 13.5. The van der Waals surface area contributed by atoms with E-state index in [1.807, 2.05) is 0 Å². The summed E-state index contributed by atoms with van der Waals surface area (Å²) in [5, 5.41) is 42.8. The molecule has 41 heavy (non-hydrogen) atoms. The van der Waals surface area contributed by atoms with Crippen molar-refractivity contribution in [2.45, 2.75) is 163 Å². The average molecular weight is 585 g/mol. The molecule has 0 aromatic rings. The first-order valence-corrected chi connectivity index (χ1v) is 15.4. The second-order valence-electron chi connectivity index (χ2n) is 16.8. The van der Waals surface area contributed by atoms with Crippen molar-refractivity contribution in [3.8, 4) is 0 Å². The number of ether oxygens (including phenoxy) is 2. The first-order valence-electron chi connectivity index (χ1n) is 15.4. The highest BCUT2D eigenvalue weighted by atomic mass is 16.6. The van der Waals surface area contributed by atoms with E-state index in [0.29, 0.717) is 38.5 Å². The first kappa shape index (κ1) is 36.0. The molecule has 0 radical (unpaired) electrons. The van der Waals surface area contributed by atoms with Gasteiger partial charge in [0.15, 0.2) is 0 Å². The predicted octanol–water partition coefficient (Wildman–Crippen LogP) is 5.17. The van der Waals surface area contributed by atoms with Gasteiger partial charge in [0, 0.05) is 0 Å². The summed E-state index contributed by atoms with van der Waals surface area (Å²) in [6.45, 7) is 21.1. The number of hydrogen-bond donors (Lipinski definition) is 4. The molecule has 4 unspecified atom stereocenters. The van der Waals surface area contributed by atoms with Gasteiger partial charge in [-0.2, -0.15) is 0 Å². The van der Waals surface area contributed by atoms with Gasteiger partial charge in [0.2, 0.25) is 0 Å². The van der Waals surface area contributed by atoms with Crippen molar-refractivity contribution in [2.24, 2.45) is 34.5 Å². The highest BCUT2D eigenvalue weighted by Gasteiger charge is 2.47. The minimum Gasteiger partial charge on any atom is -0.462 e. The normalized spacial score (nSPS) is 29.2. The fourth-order valence-electron chi connectivity index (χ4n) is 6.90. The molecule has 0 bridgehead atoms.